The number of aromatic nitrogens is 2. The number of hydrogen-bond acceptors (Lipinski definition) is 4. The van der Waals surface area contributed by atoms with Crippen LogP contribution in [0.25, 0.3) is 11.4 Å². The molecule has 0 amide bonds. The summed E-state index contributed by atoms with van der Waals surface area (Å²) in [5, 5.41) is 3.52. The number of nitrogens with zero attached hydrogens (tertiary/aromatic N) is 2. The largest absolute Gasteiger partial charge is 0.381 e. The fraction of sp³-hybridized carbons (Fsp3) is 0.412. The van der Waals surface area contributed by atoms with Crippen LogP contribution in [0.3, 0.4) is 0 Å². The van der Waals surface area contributed by atoms with Crippen LogP contribution >= 0.6 is 0 Å². The second-order valence-electron chi connectivity index (χ2n) is 5.53. The fourth-order valence-corrected chi connectivity index (χ4v) is 2.86. The Morgan fingerprint density at radius 2 is 1.86 bits per heavy atom. The minimum absolute atomic E-state index is 0.376. The molecule has 110 valence electrons. The summed E-state index contributed by atoms with van der Waals surface area (Å²) in [5.74, 6) is 0.763. The third kappa shape index (κ3) is 3.58. The normalized spacial score (nSPS) is 22.0. The number of ether oxygens (including phenoxy) is 1. The first-order valence-electron chi connectivity index (χ1n) is 7.52. The molecule has 0 spiro atoms. The number of nitrogens with one attached hydrogen (secondary N) is 1. The van der Waals surface area contributed by atoms with Crippen molar-refractivity contribution in [3.63, 3.8) is 0 Å². The molecular formula is C17H21N3O. The maximum Gasteiger partial charge on any atom is 0.159 e. The highest BCUT2D eigenvalue weighted by Gasteiger charge is 2.21. The van der Waals surface area contributed by atoms with Gasteiger partial charge in [0, 0.05) is 18.7 Å². The highest BCUT2D eigenvalue weighted by Crippen LogP contribution is 2.24. The topological polar surface area (TPSA) is 47.0 Å². The smallest absolute Gasteiger partial charge is 0.159 e. The zero-order valence-corrected chi connectivity index (χ0v) is 12.3. The second kappa shape index (κ2) is 6.68. The van der Waals surface area contributed by atoms with Crippen LogP contribution in [-0.4, -0.2) is 29.2 Å². The van der Waals surface area contributed by atoms with Crippen LogP contribution in [0.15, 0.2) is 42.7 Å². The zero-order chi connectivity index (χ0) is 14.5. The van der Waals surface area contributed by atoms with Gasteiger partial charge in [0.15, 0.2) is 5.82 Å². The van der Waals surface area contributed by atoms with Crippen molar-refractivity contribution in [1.82, 2.24) is 9.97 Å². The van der Waals surface area contributed by atoms with Crippen molar-refractivity contribution >= 4 is 5.69 Å². The Morgan fingerprint density at radius 3 is 2.57 bits per heavy atom. The highest BCUT2D eigenvalue weighted by molar-refractivity contribution is 5.55. The molecule has 1 fully saturated rings. The molecule has 4 heteroatoms. The van der Waals surface area contributed by atoms with Gasteiger partial charge >= 0.3 is 0 Å². The first-order chi connectivity index (χ1) is 10.3. The summed E-state index contributed by atoms with van der Waals surface area (Å²) in [5.41, 5.74) is 2.03. The molecule has 0 saturated heterocycles. The van der Waals surface area contributed by atoms with Crippen LogP contribution < -0.4 is 5.32 Å². The van der Waals surface area contributed by atoms with Crippen LogP contribution in [0.4, 0.5) is 5.69 Å². The number of hydrogen-bond donors (Lipinski definition) is 1. The molecule has 0 aliphatic heterocycles. The van der Waals surface area contributed by atoms with Crippen LogP contribution in [0.2, 0.25) is 0 Å². The van der Waals surface area contributed by atoms with Crippen molar-refractivity contribution in [2.24, 2.45) is 0 Å². The lowest BCUT2D eigenvalue weighted by molar-refractivity contribution is 0.0669. The Kier molecular flexibility index (Phi) is 4.46. The molecule has 1 aromatic heterocycles. The van der Waals surface area contributed by atoms with Gasteiger partial charge in [-0.3, -0.25) is 0 Å². The quantitative estimate of drug-likeness (QED) is 0.932. The zero-order valence-electron chi connectivity index (χ0n) is 12.3. The molecule has 0 radical (unpaired) electrons. The van der Waals surface area contributed by atoms with E-state index in [4.69, 9.17) is 4.74 Å². The van der Waals surface area contributed by atoms with Crippen LogP contribution in [0.5, 0.6) is 0 Å². The molecule has 2 unspecified atom stereocenters. The number of rotatable bonds is 4. The van der Waals surface area contributed by atoms with Gasteiger partial charge in [-0.1, -0.05) is 30.3 Å². The van der Waals surface area contributed by atoms with E-state index < -0.39 is 0 Å². The second-order valence-corrected chi connectivity index (χ2v) is 5.53. The van der Waals surface area contributed by atoms with Gasteiger partial charge in [-0.25, -0.2) is 9.97 Å². The van der Waals surface area contributed by atoms with Crippen molar-refractivity contribution in [1.29, 1.82) is 0 Å². The highest BCUT2D eigenvalue weighted by atomic mass is 16.5. The fourth-order valence-electron chi connectivity index (χ4n) is 2.86. The van der Waals surface area contributed by atoms with Crippen LogP contribution in [0, 0.1) is 0 Å². The molecule has 2 aromatic rings. The Labute approximate surface area is 125 Å². The maximum absolute atomic E-state index is 5.46. The van der Waals surface area contributed by atoms with Gasteiger partial charge < -0.3 is 10.1 Å². The summed E-state index contributed by atoms with van der Waals surface area (Å²) >= 11 is 0. The van der Waals surface area contributed by atoms with Gasteiger partial charge in [0.1, 0.15) is 0 Å². The van der Waals surface area contributed by atoms with E-state index in [2.05, 4.69) is 15.3 Å². The van der Waals surface area contributed by atoms with E-state index in [0.717, 1.165) is 29.9 Å². The Hall–Kier alpha value is -1.94. The van der Waals surface area contributed by atoms with Crippen molar-refractivity contribution in [3.05, 3.63) is 42.7 Å². The maximum atomic E-state index is 5.46. The third-order valence-corrected chi connectivity index (χ3v) is 4.01. The van der Waals surface area contributed by atoms with Crippen LogP contribution in [-0.2, 0) is 4.74 Å². The average molecular weight is 283 g/mol. The predicted molar refractivity (Wildman–Crippen MR) is 84.1 cm³/mol. The first kappa shape index (κ1) is 14.0. The van der Waals surface area contributed by atoms with Gasteiger partial charge in [0.2, 0.25) is 0 Å². The molecular weight excluding hydrogens is 262 g/mol. The summed E-state index contributed by atoms with van der Waals surface area (Å²) in [6.45, 7) is 0. The monoisotopic (exact) mass is 283 g/mol. The lowest BCUT2D eigenvalue weighted by Gasteiger charge is -2.29. The number of benzene rings is 1. The van der Waals surface area contributed by atoms with Gasteiger partial charge in [-0.05, 0) is 25.7 Å². The van der Waals surface area contributed by atoms with Crippen molar-refractivity contribution in [2.45, 2.75) is 37.8 Å². The summed E-state index contributed by atoms with van der Waals surface area (Å²) in [4.78, 5) is 8.90. The lowest BCUT2D eigenvalue weighted by Crippen LogP contribution is -2.31. The van der Waals surface area contributed by atoms with E-state index in [1.807, 2.05) is 42.7 Å². The molecule has 0 bridgehead atoms. The molecule has 21 heavy (non-hydrogen) atoms. The van der Waals surface area contributed by atoms with Crippen LogP contribution in [0.1, 0.15) is 25.7 Å². The lowest BCUT2D eigenvalue weighted by atomic mass is 9.93. The van der Waals surface area contributed by atoms with E-state index in [1.54, 1.807) is 7.11 Å². The van der Waals surface area contributed by atoms with E-state index >= 15 is 0 Å². The molecule has 1 N–H and O–H groups in total. The van der Waals surface area contributed by atoms with E-state index in [-0.39, 0.29) is 0 Å². The van der Waals surface area contributed by atoms with Crippen molar-refractivity contribution in [2.75, 3.05) is 12.4 Å². The Balaban J connectivity index is 1.65. The van der Waals surface area contributed by atoms with Crippen molar-refractivity contribution in [3.8, 4) is 11.4 Å². The van der Waals surface area contributed by atoms with E-state index in [0.29, 0.717) is 12.1 Å². The van der Waals surface area contributed by atoms with Gasteiger partial charge in [0.25, 0.3) is 0 Å². The van der Waals surface area contributed by atoms with Gasteiger partial charge in [-0.15, -0.1) is 0 Å². The summed E-state index contributed by atoms with van der Waals surface area (Å²) in [7, 11) is 1.80. The Bertz CT molecular complexity index is 556. The minimum Gasteiger partial charge on any atom is -0.381 e. The molecule has 3 rings (SSSR count). The van der Waals surface area contributed by atoms with E-state index in [9.17, 15) is 0 Å². The number of anilines is 1. The van der Waals surface area contributed by atoms with Gasteiger partial charge in [0.05, 0.1) is 24.2 Å². The SMILES string of the molecule is COC1CCCC(Nc2cnc(-c3ccccc3)nc2)C1. The third-order valence-electron chi connectivity index (χ3n) is 4.01. The molecule has 2 atom stereocenters. The van der Waals surface area contributed by atoms with E-state index in [1.165, 1.54) is 12.8 Å². The molecule has 1 saturated carbocycles. The average Bonchev–Trinajstić information content (AvgIpc) is 2.56. The first-order valence-corrected chi connectivity index (χ1v) is 7.52. The minimum atomic E-state index is 0.376. The molecule has 1 heterocycles. The summed E-state index contributed by atoms with van der Waals surface area (Å²) in [6, 6.07) is 10.5. The van der Waals surface area contributed by atoms with Crippen molar-refractivity contribution < 1.29 is 4.74 Å². The number of methoxy groups -OCH3 is 1. The summed E-state index contributed by atoms with van der Waals surface area (Å²) in [6.07, 6.45) is 8.71. The van der Waals surface area contributed by atoms with Gasteiger partial charge in [-0.2, -0.15) is 0 Å². The summed E-state index contributed by atoms with van der Waals surface area (Å²) < 4.78 is 5.46. The predicted octanol–water partition coefficient (Wildman–Crippen LogP) is 3.51. The standard InChI is InChI=1S/C17H21N3O/c1-21-16-9-5-8-14(10-16)20-15-11-18-17(19-12-15)13-6-3-2-4-7-13/h2-4,6-7,11-12,14,16,20H,5,8-10H2,1H3. The molecule has 1 aromatic carbocycles. The molecule has 4 nitrogen and oxygen atoms in total. The Morgan fingerprint density at radius 1 is 1.10 bits per heavy atom. The molecule has 1 aliphatic rings. The molecule has 1 aliphatic carbocycles.